The van der Waals surface area contributed by atoms with Crippen LogP contribution in [0.2, 0.25) is 5.02 Å². The number of fused-ring (bicyclic) bond motifs is 1. The zero-order chi connectivity index (χ0) is 13.9. The fraction of sp³-hybridized carbons (Fsp3) is 0.0667. The monoisotopic (exact) mass is 348 g/mol. The topological polar surface area (TPSA) is 35.0 Å². The van der Waals surface area contributed by atoms with Gasteiger partial charge in [0.2, 0.25) is 5.88 Å². The molecular weight excluding hydrogens is 340 g/mol. The lowest BCUT2D eigenvalue weighted by Gasteiger charge is -2.08. The molecule has 0 fully saturated rings. The van der Waals surface area contributed by atoms with Gasteiger partial charge in [0.1, 0.15) is 12.9 Å². The van der Waals surface area contributed by atoms with Crippen LogP contribution in [0.1, 0.15) is 5.56 Å². The third-order valence-electron chi connectivity index (χ3n) is 2.85. The first-order valence-corrected chi connectivity index (χ1v) is 7.17. The highest BCUT2D eigenvalue weighted by molar-refractivity contribution is 9.10. The Bertz CT molecular complexity index is 746. The van der Waals surface area contributed by atoms with Gasteiger partial charge in [-0.3, -0.25) is 0 Å². The first-order chi connectivity index (χ1) is 9.72. The van der Waals surface area contributed by atoms with Gasteiger partial charge in [0, 0.05) is 9.50 Å². The minimum absolute atomic E-state index is 0.440. The second kappa shape index (κ2) is 5.77. The van der Waals surface area contributed by atoms with Crippen LogP contribution in [0.3, 0.4) is 0 Å². The molecule has 3 aromatic rings. The first-order valence-electron chi connectivity index (χ1n) is 6.00. The van der Waals surface area contributed by atoms with Crippen molar-refractivity contribution in [1.29, 1.82) is 0 Å². The van der Waals surface area contributed by atoms with E-state index in [9.17, 15) is 0 Å². The average Bonchev–Trinajstić information content (AvgIpc) is 2.47. The lowest BCUT2D eigenvalue weighted by Crippen LogP contribution is -1.98. The zero-order valence-corrected chi connectivity index (χ0v) is 12.7. The number of nitrogens with zero attached hydrogens (tertiary/aromatic N) is 2. The van der Waals surface area contributed by atoms with E-state index < -0.39 is 0 Å². The normalized spacial score (nSPS) is 10.7. The second-order valence-corrected chi connectivity index (χ2v) is 5.61. The van der Waals surface area contributed by atoms with Gasteiger partial charge in [-0.05, 0) is 35.9 Å². The van der Waals surface area contributed by atoms with Gasteiger partial charge >= 0.3 is 0 Å². The van der Waals surface area contributed by atoms with Crippen LogP contribution in [-0.4, -0.2) is 9.97 Å². The quantitative estimate of drug-likeness (QED) is 0.692. The third-order valence-corrected chi connectivity index (χ3v) is 3.59. The molecule has 0 spiro atoms. The predicted molar refractivity (Wildman–Crippen MR) is 83.0 cm³/mol. The molecule has 0 atom stereocenters. The molecule has 0 bridgehead atoms. The Balaban J connectivity index is 1.87. The predicted octanol–water partition coefficient (Wildman–Crippen LogP) is 4.62. The van der Waals surface area contributed by atoms with Crippen molar-refractivity contribution in [3.63, 3.8) is 0 Å². The van der Waals surface area contributed by atoms with E-state index in [4.69, 9.17) is 16.3 Å². The first kappa shape index (κ1) is 13.3. The summed E-state index contributed by atoms with van der Waals surface area (Å²) in [6.07, 6.45) is 1.51. The molecule has 0 unspecified atom stereocenters. The lowest BCUT2D eigenvalue weighted by atomic mass is 10.2. The van der Waals surface area contributed by atoms with E-state index in [1.54, 1.807) is 0 Å². The summed E-state index contributed by atoms with van der Waals surface area (Å²) < 4.78 is 6.75. The molecular formula is C15H10BrClN2O. The van der Waals surface area contributed by atoms with E-state index in [0.29, 0.717) is 17.5 Å². The van der Waals surface area contributed by atoms with Crippen molar-refractivity contribution in [2.75, 3.05) is 0 Å². The third kappa shape index (κ3) is 2.92. The molecule has 2 aromatic carbocycles. The molecule has 0 radical (unpaired) electrons. The summed E-state index contributed by atoms with van der Waals surface area (Å²) in [5.74, 6) is 0.575. The van der Waals surface area contributed by atoms with Crippen molar-refractivity contribution in [3.05, 3.63) is 63.9 Å². The zero-order valence-electron chi connectivity index (χ0n) is 10.4. The highest BCUT2D eigenvalue weighted by atomic mass is 79.9. The van der Waals surface area contributed by atoms with Crippen LogP contribution in [0, 0.1) is 0 Å². The van der Waals surface area contributed by atoms with Crippen LogP contribution < -0.4 is 4.74 Å². The Morgan fingerprint density at radius 2 is 1.85 bits per heavy atom. The fourth-order valence-electron chi connectivity index (χ4n) is 1.85. The van der Waals surface area contributed by atoms with Crippen molar-refractivity contribution >= 4 is 38.4 Å². The average molecular weight is 350 g/mol. The number of halogens is 2. The van der Waals surface area contributed by atoms with E-state index in [-0.39, 0.29) is 0 Å². The molecule has 0 aliphatic heterocycles. The van der Waals surface area contributed by atoms with Crippen molar-refractivity contribution in [2.45, 2.75) is 6.61 Å². The largest absolute Gasteiger partial charge is 0.472 e. The van der Waals surface area contributed by atoms with Crippen LogP contribution in [-0.2, 0) is 6.61 Å². The van der Waals surface area contributed by atoms with E-state index in [1.165, 1.54) is 6.33 Å². The van der Waals surface area contributed by atoms with Gasteiger partial charge in [0.25, 0.3) is 0 Å². The number of hydrogen-bond acceptors (Lipinski definition) is 3. The molecule has 0 aliphatic rings. The molecule has 0 amide bonds. The summed E-state index contributed by atoms with van der Waals surface area (Å²) in [6, 6.07) is 13.4. The minimum Gasteiger partial charge on any atom is -0.472 e. The summed E-state index contributed by atoms with van der Waals surface area (Å²) in [6.45, 7) is 0.440. The molecule has 1 aromatic heterocycles. The lowest BCUT2D eigenvalue weighted by molar-refractivity contribution is 0.297. The van der Waals surface area contributed by atoms with Gasteiger partial charge in [-0.15, -0.1) is 0 Å². The van der Waals surface area contributed by atoms with Crippen molar-refractivity contribution in [3.8, 4) is 5.88 Å². The van der Waals surface area contributed by atoms with Crippen LogP contribution >= 0.6 is 27.5 Å². The van der Waals surface area contributed by atoms with E-state index in [2.05, 4.69) is 25.9 Å². The van der Waals surface area contributed by atoms with Crippen molar-refractivity contribution in [1.82, 2.24) is 9.97 Å². The molecule has 5 heteroatoms. The van der Waals surface area contributed by atoms with Gasteiger partial charge < -0.3 is 4.74 Å². The number of rotatable bonds is 3. The molecule has 3 nitrogen and oxygen atoms in total. The van der Waals surface area contributed by atoms with Crippen molar-refractivity contribution < 1.29 is 4.74 Å². The van der Waals surface area contributed by atoms with E-state index in [1.807, 2.05) is 42.5 Å². The molecule has 3 rings (SSSR count). The fourth-order valence-corrected chi connectivity index (χ4v) is 2.34. The van der Waals surface area contributed by atoms with Gasteiger partial charge in [-0.2, -0.15) is 0 Å². The second-order valence-electron chi connectivity index (χ2n) is 4.26. The Kier molecular flexibility index (Phi) is 3.85. The molecule has 1 heterocycles. The maximum Gasteiger partial charge on any atom is 0.224 e. The minimum atomic E-state index is 0.440. The van der Waals surface area contributed by atoms with Gasteiger partial charge in [0.15, 0.2) is 0 Å². The molecule has 0 N–H and O–H groups in total. The Morgan fingerprint density at radius 3 is 2.65 bits per heavy atom. The van der Waals surface area contributed by atoms with Gasteiger partial charge in [-0.25, -0.2) is 9.97 Å². The summed E-state index contributed by atoms with van der Waals surface area (Å²) in [5, 5.41) is 1.60. The van der Waals surface area contributed by atoms with E-state index in [0.717, 1.165) is 20.9 Å². The van der Waals surface area contributed by atoms with Crippen LogP contribution in [0.15, 0.2) is 53.3 Å². The highest BCUT2D eigenvalue weighted by Gasteiger charge is 2.05. The van der Waals surface area contributed by atoms with Crippen LogP contribution in [0.25, 0.3) is 10.9 Å². The Morgan fingerprint density at radius 1 is 1.05 bits per heavy atom. The SMILES string of the molecule is Clc1ccc(COc2ncnc3ccc(Br)cc23)cc1. The van der Waals surface area contributed by atoms with E-state index >= 15 is 0 Å². The van der Waals surface area contributed by atoms with Crippen LogP contribution in [0.5, 0.6) is 5.88 Å². The summed E-state index contributed by atoms with van der Waals surface area (Å²) >= 11 is 9.30. The molecule has 20 heavy (non-hydrogen) atoms. The maximum absolute atomic E-state index is 5.86. The number of hydrogen-bond donors (Lipinski definition) is 0. The number of ether oxygens (including phenoxy) is 1. The standard InChI is InChI=1S/C15H10BrClN2O/c16-11-3-6-14-13(7-11)15(19-9-18-14)20-8-10-1-4-12(17)5-2-10/h1-7,9H,8H2. The summed E-state index contributed by atoms with van der Waals surface area (Å²) in [7, 11) is 0. The number of benzene rings is 2. The molecule has 0 saturated heterocycles. The van der Waals surface area contributed by atoms with Gasteiger partial charge in [-0.1, -0.05) is 39.7 Å². The van der Waals surface area contributed by atoms with Gasteiger partial charge in [0.05, 0.1) is 10.9 Å². The summed E-state index contributed by atoms with van der Waals surface area (Å²) in [5.41, 5.74) is 1.89. The molecule has 100 valence electrons. The summed E-state index contributed by atoms with van der Waals surface area (Å²) in [4.78, 5) is 8.42. The number of aromatic nitrogens is 2. The van der Waals surface area contributed by atoms with Crippen molar-refractivity contribution in [2.24, 2.45) is 0 Å². The Labute approximate surface area is 129 Å². The molecule has 0 aliphatic carbocycles. The Hall–Kier alpha value is -1.65. The van der Waals surface area contributed by atoms with Crippen LogP contribution in [0.4, 0.5) is 0 Å². The maximum atomic E-state index is 5.86. The highest BCUT2D eigenvalue weighted by Crippen LogP contribution is 2.25. The smallest absolute Gasteiger partial charge is 0.224 e. The molecule has 0 saturated carbocycles.